The van der Waals surface area contributed by atoms with Gasteiger partial charge in [-0.25, -0.2) is 0 Å². The minimum Gasteiger partial charge on any atom is -0.382 e. The van der Waals surface area contributed by atoms with Crippen LogP contribution in [0.5, 0.6) is 0 Å². The van der Waals surface area contributed by atoms with E-state index >= 15 is 0 Å². The fraction of sp³-hybridized carbons (Fsp3) is 0.533. The number of methoxy groups -OCH3 is 1. The summed E-state index contributed by atoms with van der Waals surface area (Å²) in [5.74, 6) is -0.000422. The molecule has 4 nitrogen and oxygen atoms in total. The van der Waals surface area contributed by atoms with Gasteiger partial charge in [-0.3, -0.25) is 4.79 Å². The maximum atomic E-state index is 11.8. The van der Waals surface area contributed by atoms with Gasteiger partial charge < -0.3 is 14.2 Å². The van der Waals surface area contributed by atoms with E-state index in [-0.39, 0.29) is 12.4 Å². The summed E-state index contributed by atoms with van der Waals surface area (Å²) in [4.78, 5) is 11.8. The Morgan fingerprint density at radius 3 is 2.26 bits per heavy atom. The molecule has 0 heterocycles. The fourth-order valence-electron chi connectivity index (χ4n) is 1.54. The van der Waals surface area contributed by atoms with Crippen LogP contribution in [0.2, 0.25) is 0 Å². The number of ether oxygens (including phenoxy) is 3. The molecular weight excluding hydrogens is 244 g/mol. The number of hydrogen-bond acceptors (Lipinski definition) is 4. The lowest BCUT2D eigenvalue weighted by Crippen LogP contribution is -2.13. The molecular formula is C15H22O4. The van der Waals surface area contributed by atoms with Gasteiger partial charge >= 0.3 is 0 Å². The number of ketones is 1. The first-order chi connectivity index (χ1) is 9.27. The molecule has 0 unspecified atom stereocenters. The third-order valence-corrected chi connectivity index (χ3v) is 2.72. The van der Waals surface area contributed by atoms with E-state index in [4.69, 9.17) is 14.2 Å². The summed E-state index contributed by atoms with van der Waals surface area (Å²) < 4.78 is 15.3. The van der Waals surface area contributed by atoms with E-state index in [0.717, 1.165) is 6.42 Å². The summed E-state index contributed by atoms with van der Waals surface area (Å²) in [6, 6.07) is 7.64. The number of hydrogen-bond donors (Lipinski definition) is 0. The second-order valence-corrected chi connectivity index (χ2v) is 4.13. The number of carbonyl (C=O) groups excluding carboxylic acids is 1. The Labute approximate surface area is 114 Å². The SMILES string of the molecule is CCc1ccc(C(=O)COCCOCCOC)cc1. The summed E-state index contributed by atoms with van der Waals surface area (Å²) in [6.07, 6.45) is 0.976. The van der Waals surface area contributed by atoms with Crippen LogP contribution >= 0.6 is 0 Å². The van der Waals surface area contributed by atoms with Crippen LogP contribution in [0.4, 0.5) is 0 Å². The van der Waals surface area contributed by atoms with E-state index < -0.39 is 0 Å². The smallest absolute Gasteiger partial charge is 0.188 e. The number of benzene rings is 1. The number of carbonyl (C=O) groups is 1. The first kappa shape index (κ1) is 15.8. The summed E-state index contributed by atoms with van der Waals surface area (Å²) in [7, 11) is 1.63. The molecule has 0 radical (unpaired) electrons. The van der Waals surface area contributed by atoms with Gasteiger partial charge in [0.05, 0.1) is 26.4 Å². The van der Waals surface area contributed by atoms with Crippen LogP contribution in [-0.4, -0.2) is 45.9 Å². The minimum atomic E-state index is -0.000422. The molecule has 0 aliphatic heterocycles. The van der Waals surface area contributed by atoms with Crippen molar-refractivity contribution in [2.75, 3.05) is 40.1 Å². The van der Waals surface area contributed by atoms with Gasteiger partial charge in [0.25, 0.3) is 0 Å². The second kappa shape index (κ2) is 9.67. The summed E-state index contributed by atoms with van der Waals surface area (Å²) in [5.41, 5.74) is 1.92. The van der Waals surface area contributed by atoms with Crippen molar-refractivity contribution in [3.63, 3.8) is 0 Å². The van der Waals surface area contributed by atoms with Crippen LogP contribution in [0.25, 0.3) is 0 Å². The molecule has 0 fully saturated rings. The Morgan fingerprint density at radius 1 is 1.00 bits per heavy atom. The zero-order valence-electron chi connectivity index (χ0n) is 11.7. The van der Waals surface area contributed by atoms with Gasteiger partial charge in [-0.2, -0.15) is 0 Å². The monoisotopic (exact) mass is 266 g/mol. The van der Waals surface area contributed by atoms with Crippen molar-refractivity contribution in [3.05, 3.63) is 35.4 Å². The minimum absolute atomic E-state index is 0.000422. The summed E-state index contributed by atoms with van der Waals surface area (Å²) in [6.45, 7) is 4.20. The molecule has 0 atom stereocenters. The van der Waals surface area contributed by atoms with Gasteiger partial charge in [-0.05, 0) is 12.0 Å². The molecule has 0 aliphatic carbocycles. The van der Waals surface area contributed by atoms with E-state index in [1.807, 2.05) is 24.3 Å². The van der Waals surface area contributed by atoms with E-state index in [1.165, 1.54) is 5.56 Å². The van der Waals surface area contributed by atoms with Crippen LogP contribution in [-0.2, 0) is 20.6 Å². The van der Waals surface area contributed by atoms with Crippen LogP contribution in [0.3, 0.4) is 0 Å². The van der Waals surface area contributed by atoms with E-state index in [2.05, 4.69) is 6.92 Å². The van der Waals surface area contributed by atoms with E-state index in [1.54, 1.807) is 7.11 Å². The highest BCUT2D eigenvalue weighted by Crippen LogP contribution is 2.06. The molecule has 1 aromatic rings. The quantitative estimate of drug-likeness (QED) is 0.480. The van der Waals surface area contributed by atoms with Crippen LogP contribution in [0.15, 0.2) is 24.3 Å². The molecule has 0 aliphatic rings. The van der Waals surface area contributed by atoms with Gasteiger partial charge in [0.15, 0.2) is 5.78 Å². The van der Waals surface area contributed by atoms with Gasteiger partial charge in [-0.1, -0.05) is 31.2 Å². The van der Waals surface area contributed by atoms with Gasteiger partial charge in [0.1, 0.15) is 6.61 Å². The molecule has 0 aromatic heterocycles. The number of aryl methyl sites for hydroxylation is 1. The first-order valence-corrected chi connectivity index (χ1v) is 6.54. The zero-order chi connectivity index (χ0) is 13.9. The van der Waals surface area contributed by atoms with Crippen molar-refractivity contribution in [2.24, 2.45) is 0 Å². The normalized spacial score (nSPS) is 10.6. The topological polar surface area (TPSA) is 44.8 Å². The Morgan fingerprint density at radius 2 is 1.63 bits per heavy atom. The van der Waals surface area contributed by atoms with Crippen molar-refractivity contribution in [2.45, 2.75) is 13.3 Å². The highest BCUT2D eigenvalue weighted by molar-refractivity contribution is 5.97. The average Bonchev–Trinajstić information content (AvgIpc) is 2.46. The highest BCUT2D eigenvalue weighted by atomic mass is 16.5. The van der Waals surface area contributed by atoms with E-state index in [9.17, 15) is 4.79 Å². The Hall–Kier alpha value is -1.23. The van der Waals surface area contributed by atoms with Crippen LogP contribution < -0.4 is 0 Å². The maximum Gasteiger partial charge on any atom is 0.188 e. The molecule has 0 N–H and O–H groups in total. The number of Topliss-reactive ketones (excluding diaryl/α,β-unsaturated/α-hetero) is 1. The largest absolute Gasteiger partial charge is 0.382 e. The van der Waals surface area contributed by atoms with Gasteiger partial charge in [0.2, 0.25) is 0 Å². The molecule has 1 aromatic carbocycles. The molecule has 19 heavy (non-hydrogen) atoms. The molecule has 0 saturated heterocycles. The standard InChI is InChI=1S/C15H22O4/c1-3-13-4-6-14(7-5-13)15(16)12-19-11-10-18-9-8-17-2/h4-7H,3,8-12H2,1-2H3. The Kier molecular flexibility index (Phi) is 8.05. The van der Waals surface area contributed by atoms with Crippen molar-refractivity contribution in [1.29, 1.82) is 0 Å². The Bertz CT molecular complexity index is 359. The third kappa shape index (κ3) is 6.47. The van der Waals surface area contributed by atoms with Crippen LogP contribution in [0.1, 0.15) is 22.8 Å². The summed E-state index contributed by atoms with van der Waals surface area (Å²) >= 11 is 0. The molecule has 106 valence electrons. The van der Waals surface area contributed by atoms with E-state index in [0.29, 0.717) is 32.0 Å². The predicted molar refractivity (Wildman–Crippen MR) is 73.7 cm³/mol. The van der Waals surface area contributed by atoms with Crippen molar-refractivity contribution < 1.29 is 19.0 Å². The second-order valence-electron chi connectivity index (χ2n) is 4.13. The molecule has 1 rings (SSSR count). The zero-order valence-corrected chi connectivity index (χ0v) is 11.7. The van der Waals surface area contributed by atoms with Gasteiger partial charge in [0, 0.05) is 12.7 Å². The van der Waals surface area contributed by atoms with Gasteiger partial charge in [-0.15, -0.1) is 0 Å². The lowest BCUT2D eigenvalue weighted by atomic mass is 10.1. The highest BCUT2D eigenvalue weighted by Gasteiger charge is 2.05. The fourth-order valence-corrected chi connectivity index (χ4v) is 1.54. The lowest BCUT2D eigenvalue weighted by molar-refractivity contribution is 0.0253. The lowest BCUT2D eigenvalue weighted by Gasteiger charge is -2.05. The van der Waals surface area contributed by atoms with Crippen LogP contribution in [0, 0.1) is 0 Å². The molecule has 0 bridgehead atoms. The molecule has 4 heteroatoms. The summed E-state index contributed by atoms with van der Waals surface area (Å²) in [5, 5.41) is 0. The first-order valence-electron chi connectivity index (χ1n) is 6.54. The molecule has 0 spiro atoms. The molecule has 0 saturated carbocycles. The maximum absolute atomic E-state index is 11.8. The molecule has 0 amide bonds. The van der Waals surface area contributed by atoms with Crippen molar-refractivity contribution >= 4 is 5.78 Å². The third-order valence-electron chi connectivity index (χ3n) is 2.72. The Balaban J connectivity index is 2.16. The number of rotatable bonds is 10. The predicted octanol–water partition coefficient (Wildman–Crippen LogP) is 2.11. The average molecular weight is 266 g/mol. The van der Waals surface area contributed by atoms with Crippen molar-refractivity contribution in [3.8, 4) is 0 Å². The van der Waals surface area contributed by atoms with Crippen molar-refractivity contribution in [1.82, 2.24) is 0 Å².